The first kappa shape index (κ1) is 17.0. The van der Waals surface area contributed by atoms with Crippen molar-refractivity contribution in [2.24, 2.45) is 0 Å². The van der Waals surface area contributed by atoms with Gasteiger partial charge in [0.2, 0.25) is 0 Å². The molecule has 0 spiro atoms. The van der Waals surface area contributed by atoms with Gasteiger partial charge < -0.3 is 10.6 Å². The summed E-state index contributed by atoms with van der Waals surface area (Å²) in [6.45, 7) is 6.13. The molecule has 2 aliphatic heterocycles. The van der Waals surface area contributed by atoms with Gasteiger partial charge in [-0.1, -0.05) is 12.1 Å². The Morgan fingerprint density at radius 1 is 1.31 bits per heavy atom. The number of hydrogen-bond acceptors (Lipinski definition) is 6. The molecule has 0 saturated heterocycles. The van der Waals surface area contributed by atoms with E-state index in [0.29, 0.717) is 17.2 Å². The van der Waals surface area contributed by atoms with Gasteiger partial charge in [-0.15, -0.1) is 11.3 Å². The molecule has 0 saturated carbocycles. The number of fused-ring (bicyclic) bond motifs is 3. The third-order valence-electron chi connectivity index (χ3n) is 5.04. The maximum Gasteiger partial charge on any atom is 0.276 e. The topological polar surface area (TPSA) is 87.5 Å². The SMILES string of the molecule is CC(C)N1CCc2c(sc3c2C(=O)NC(c2ccccc2[N+](=O)[O-])N3)C1. The monoisotopic (exact) mass is 372 g/mol. The molecule has 0 radical (unpaired) electrons. The van der Waals surface area contributed by atoms with E-state index in [1.165, 1.54) is 10.9 Å². The molecule has 26 heavy (non-hydrogen) atoms. The fraction of sp³-hybridized carbons (Fsp3) is 0.389. The minimum absolute atomic E-state index is 0.000974. The molecule has 1 aromatic carbocycles. The Morgan fingerprint density at radius 3 is 2.81 bits per heavy atom. The minimum atomic E-state index is -0.599. The lowest BCUT2D eigenvalue weighted by Gasteiger charge is -2.30. The number of amides is 1. The zero-order valence-electron chi connectivity index (χ0n) is 14.6. The molecular weight excluding hydrogens is 352 g/mol. The first-order valence-corrected chi connectivity index (χ1v) is 9.46. The Hall–Kier alpha value is -2.45. The van der Waals surface area contributed by atoms with Gasteiger partial charge in [-0.05, 0) is 31.9 Å². The van der Waals surface area contributed by atoms with Gasteiger partial charge in [0.15, 0.2) is 0 Å². The number of anilines is 1. The number of thiophene rings is 1. The molecule has 2 aromatic rings. The van der Waals surface area contributed by atoms with Crippen molar-refractivity contribution in [2.75, 3.05) is 11.9 Å². The summed E-state index contributed by atoms with van der Waals surface area (Å²) in [6, 6.07) is 6.96. The number of carbonyl (C=O) groups is 1. The van der Waals surface area contributed by atoms with E-state index in [4.69, 9.17) is 0 Å². The van der Waals surface area contributed by atoms with E-state index in [-0.39, 0.29) is 11.6 Å². The number of nitro groups is 1. The Balaban J connectivity index is 1.69. The second kappa shape index (κ2) is 6.37. The van der Waals surface area contributed by atoms with Crippen molar-refractivity contribution in [1.29, 1.82) is 0 Å². The summed E-state index contributed by atoms with van der Waals surface area (Å²) in [5, 5.41) is 18.3. The summed E-state index contributed by atoms with van der Waals surface area (Å²) < 4.78 is 0. The third kappa shape index (κ3) is 2.75. The molecule has 3 heterocycles. The normalized spacial score (nSPS) is 19.5. The standard InChI is InChI=1S/C18H20N4O3S/c1-10(2)21-8-7-12-14(9-21)26-18-15(12)17(23)19-16(20-18)11-5-3-4-6-13(11)22(24)25/h3-6,10,16,20H,7-9H2,1-2H3,(H,19,23). The van der Waals surface area contributed by atoms with Crippen molar-refractivity contribution in [3.05, 3.63) is 55.9 Å². The minimum Gasteiger partial charge on any atom is -0.352 e. The molecule has 4 rings (SSSR count). The average Bonchev–Trinajstić information content (AvgIpc) is 2.99. The van der Waals surface area contributed by atoms with Crippen LogP contribution < -0.4 is 10.6 Å². The molecule has 2 aliphatic rings. The maximum atomic E-state index is 12.8. The van der Waals surface area contributed by atoms with E-state index < -0.39 is 11.1 Å². The van der Waals surface area contributed by atoms with Gasteiger partial charge in [-0.2, -0.15) is 0 Å². The number of nitro benzene ring substituents is 1. The molecule has 0 aliphatic carbocycles. The van der Waals surface area contributed by atoms with Gasteiger partial charge in [0.1, 0.15) is 11.2 Å². The van der Waals surface area contributed by atoms with Crippen molar-refractivity contribution in [3.63, 3.8) is 0 Å². The van der Waals surface area contributed by atoms with E-state index in [9.17, 15) is 14.9 Å². The van der Waals surface area contributed by atoms with Gasteiger partial charge >= 0.3 is 0 Å². The van der Waals surface area contributed by atoms with E-state index in [1.54, 1.807) is 29.5 Å². The third-order valence-corrected chi connectivity index (χ3v) is 6.19. The molecule has 1 amide bonds. The highest BCUT2D eigenvalue weighted by Crippen LogP contribution is 2.41. The van der Waals surface area contributed by atoms with Crippen LogP contribution in [0.25, 0.3) is 0 Å². The summed E-state index contributed by atoms with van der Waals surface area (Å²) >= 11 is 1.59. The highest BCUT2D eigenvalue weighted by molar-refractivity contribution is 7.16. The molecule has 2 N–H and O–H groups in total. The van der Waals surface area contributed by atoms with Gasteiger partial charge in [0, 0.05) is 30.1 Å². The Bertz CT molecular complexity index is 893. The van der Waals surface area contributed by atoms with Crippen molar-refractivity contribution in [3.8, 4) is 0 Å². The Labute approximate surface area is 155 Å². The highest BCUT2D eigenvalue weighted by atomic mass is 32.1. The number of benzene rings is 1. The van der Waals surface area contributed by atoms with Crippen LogP contribution in [0.5, 0.6) is 0 Å². The van der Waals surface area contributed by atoms with Crippen LogP contribution in [0.15, 0.2) is 24.3 Å². The number of carbonyl (C=O) groups excluding carboxylic acids is 1. The summed E-state index contributed by atoms with van der Waals surface area (Å²) in [6.07, 6.45) is 0.253. The smallest absolute Gasteiger partial charge is 0.276 e. The lowest BCUT2D eigenvalue weighted by Crippen LogP contribution is -2.39. The quantitative estimate of drug-likeness (QED) is 0.638. The summed E-state index contributed by atoms with van der Waals surface area (Å²) in [4.78, 5) is 27.3. The fourth-order valence-electron chi connectivity index (χ4n) is 3.63. The summed E-state index contributed by atoms with van der Waals surface area (Å²) in [5.41, 5.74) is 2.30. The zero-order valence-corrected chi connectivity index (χ0v) is 15.4. The second-order valence-corrected chi connectivity index (χ2v) is 7.99. The van der Waals surface area contributed by atoms with Crippen LogP contribution in [-0.2, 0) is 13.0 Å². The molecule has 0 fully saturated rings. The summed E-state index contributed by atoms with van der Waals surface area (Å²) in [5.74, 6) is -0.155. The van der Waals surface area contributed by atoms with Crippen LogP contribution in [0.1, 0.15) is 46.4 Å². The van der Waals surface area contributed by atoms with Crippen molar-refractivity contribution >= 4 is 27.9 Å². The number of nitrogens with zero attached hydrogens (tertiary/aromatic N) is 2. The molecular formula is C18H20N4O3S. The van der Waals surface area contributed by atoms with Gasteiger partial charge in [0.05, 0.1) is 16.1 Å². The molecule has 0 bridgehead atoms. The van der Waals surface area contributed by atoms with Gasteiger partial charge in [-0.3, -0.25) is 19.8 Å². The summed E-state index contributed by atoms with van der Waals surface area (Å²) in [7, 11) is 0. The number of hydrogen-bond donors (Lipinski definition) is 2. The lowest BCUT2D eigenvalue weighted by molar-refractivity contribution is -0.385. The number of para-hydroxylation sites is 1. The Kier molecular flexibility index (Phi) is 4.16. The zero-order chi connectivity index (χ0) is 18.4. The average molecular weight is 372 g/mol. The predicted molar refractivity (Wildman–Crippen MR) is 100 cm³/mol. The fourth-order valence-corrected chi connectivity index (χ4v) is 4.93. The predicted octanol–water partition coefficient (Wildman–Crippen LogP) is 3.28. The Morgan fingerprint density at radius 2 is 2.08 bits per heavy atom. The second-order valence-electron chi connectivity index (χ2n) is 6.89. The van der Waals surface area contributed by atoms with Crippen LogP contribution >= 0.6 is 11.3 Å². The van der Waals surface area contributed by atoms with E-state index in [1.807, 2.05) is 0 Å². The van der Waals surface area contributed by atoms with Crippen LogP contribution in [0, 0.1) is 10.1 Å². The molecule has 1 atom stereocenters. The first-order valence-electron chi connectivity index (χ1n) is 8.65. The number of nitrogens with one attached hydrogen (secondary N) is 2. The van der Waals surface area contributed by atoms with Crippen LogP contribution in [0.3, 0.4) is 0 Å². The van der Waals surface area contributed by atoms with Crippen LogP contribution in [-0.4, -0.2) is 28.3 Å². The van der Waals surface area contributed by atoms with Crippen LogP contribution in [0.4, 0.5) is 10.7 Å². The molecule has 8 heteroatoms. The van der Waals surface area contributed by atoms with E-state index in [0.717, 1.165) is 30.1 Å². The first-order chi connectivity index (χ1) is 12.5. The highest BCUT2D eigenvalue weighted by Gasteiger charge is 2.35. The van der Waals surface area contributed by atoms with Crippen molar-refractivity contribution in [1.82, 2.24) is 10.2 Å². The molecule has 1 aromatic heterocycles. The van der Waals surface area contributed by atoms with E-state index >= 15 is 0 Å². The van der Waals surface area contributed by atoms with E-state index in [2.05, 4.69) is 29.4 Å². The number of rotatable bonds is 3. The molecule has 136 valence electrons. The molecule has 7 nitrogen and oxygen atoms in total. The lowest BCUT2D eigenvalue weighted by atomic mass is 9.99. The van der Waals surface area contributed by atoms with Crippen molar-refractivity contribution in [2.45, 2.75) is 39.0 Å². The maximum absolute atomic E-state index is 12.8. The van der Waals surface area contributed by atoms with Crippen LogP contribution in [0.2, 0.25) is 0 Å². The van der Waals surface area contributed by atoms with Gasteiger partial charge in [-0.25, -0.2) is 0 Å². The van der Waals surface area contributed by atoms with Crippen molar-refractivity contribution < 1.29 is 9.72 Å². The molecule has 1 unspecified atom stereocenters. The largest absolute Gasteiger partial charge is 0.352 e. The van der Waals surface area contributed by atoms with Gasteiger partial charge in [0.25, 0.3) is 11.6 Å².